The monoisotopic (exact) mass is 539 g/mol. The van der Waals surface area contributed by atoms with Crippen LogP contribution in [0.5, 0.6) is 11.5 Å². The number of aromatic nitrogens is 1. The Balaban J connectivity index is 1.41. The summed E-state index contributed by atoms with van der Waals surface area (Å²) in [5, 5.41) is 3.01. The van der Waals surface area contributed by atoms with Gasteiger partial charge in [-0.15, -0.1) is 6.58 Å². The molecule has 40 heavy (non-hydrogen) atoms. The second-order valence-corrected chi connectivity index (χ2v) is 9.06. The Bertz CT molecular complexity index is 1660. The zero-order valence-electron chi connectivity index (χ0n) is 21.7. The molecule has 8 nitrogen and oxygen atoms in total. The first-order chi connectivity index (χ1) is 19.4. The molecule has 0 radical (unpaired) electrons. The average Bonchev–Trinajstić information content (AvgIpc) is 3.30. The Labute approximate surface area is 229 Å². The number of anilines is 1. The number of halogens is 1. The number of allylic oxidation sites excluding steroid dienone is 1. The molecule has 1 aromatic heterocycles. The number of hydrogen-bond donors (Lipinski definition) is 1. The molecule has 1 aliphatic heterocycles. The van der Waals surface area contributed by atoms with Crippen LogP contribution < -0.4 is 19.7 Å². The topological polar surface area (TPSA) is 89.9 Å². The number of nitrogens with one attached hydrogen (secondary N) is 1. The van der Waals surface area contributed by atoms with Crippen molar-refractivity contribution in [3.63, 3.8) is 0 Å². The van der Waals surface area contributed by atoms with Gasteiger partial charge in [0.05, 0.1) is 19.3 Å². The predicted molar refractivity (Wildman–Crippen MR) is 150 cm³/mol. The van der Waals surface area contributed by atoms with Crippen molar-refractivity contribution in [2.75, 3.05) is 18.6 Å². The molecule has 9 heteroatoms. The first kappa shape index (κ1) is 26.4. The fraction of sp³-hybridized carbons (Fsp3) is 0.129. The fourth-order valence-corrected chi connectivity index (χ4v) is 4.59. The van der Waals surface area contributed by atoms with E-state index in [2.05, 4.69) is 11.9 Å². The number of ether oxygens (including phenoxy) is 2. The number of hydrogen-bond acceptors (Lipinski definition) is 5. The van der Waals surface area contributed by atoms with Crippen LogP contribution in [0.25, 0.3) is 17.0 Å². The van der Waals surface area contributed by atoms with Gasteiger partial charge < -0.3 is 14.0 Å². The Morgan fingerprint density at radius 3 is 2.52 bits per heavy atom. The summed E-state index contributed by atoms with van der Waals surface area (Å²) in [6.07, 6.45) is 5.83. The summed E-state index contributed by atoms with van der Waals surface area (Å²) in [6.45, 7) is 4.57. The van der Waals surface area contributed by atoms with Gasteiger partial charge in [0.1, 0.15) is 18.0 Å². The molecule has 202 valence electrons. The molecule has 1 saturated heterocycles. The van der Waals surface area contributed by atoms with Gasteiger partial charge in [0.15, 0.2) is 11.5 Å². The largest absolute Gasteiger partial charge is 0.493 e. The number of amides is 4. The standard InChI is InChI=1S/C31H26FN3O5/c1-3-6-20-9-14-27(28(17-20)39-2)40-16-15-34-19-21(24-7-4-5-8-26(24)34)18-25-29(36)33-31(38)35(30(25)37)23-12-10-22(32)11-13-23/h3-5,7-14,17-19H,1,6,15-16H2,2H3,(H,33,36,38)/b25-18+. The van der Waals surface area contributed by atoms with Gasteiger partial charge in [0.25, 0.3) is 11.8 Å². The smallest absolute Gasteiger partial charge is 0.335 e. The molecule has 4 aromatic rings. The fourth-order valence-electron chi connectivity index (χ4n) is 4.59. The van der Waals surface area contributed by atoms with Crippen molar-refractivity contribution in [2.45, 2.75) is 13.0 Å². The van der Waals surface area contributed by atoms with Gasteiger partial charge in [-0.3, -0.25) is 14.9 Å². The number of methoxy groups -OCH3 is 1. The molecule has 2 heterocycles. The number of imide groups is 2. The molecule has 1 fully saturated rings. The van der Waals surface area contributed by atoms with Crippen molar-refractivity contribution < 1.29 is 28.2 Å². The van der Waals surface area contributed by atoms with Crippen LogP contribution in [0.1, 0.15) is 11.1 Å². The van der Waals surface area contributed by atoms with Crippen molar-refractivity contribution in [1.82, 2.24) is 9.88 Å². The molecule has 0 saturated carbocycles. The maximum atomic E-state index is 13.4. The number of carbonyl (C=O) groups is 3. The molecule has 0 unspecified atom stereocenters. The third kappa shape index (κ3) is 5.22. The third-order valence-electron chi connectivity index (χ3n) is 6.50. The van der Waals surface area contributed by atoms with Crippen LogP contribution in [0.4, 0.5) is 14.9 Å². The first-order valence-electron chi connectivity index (χ1n) is 12.5. The second-order valence-electron chi connectivity index (χ2n) is 9.06. The molecular formula is C31H26FN3O5. The lowest BCUT2D eigenvalue weighted by Crippen LogP contribution is -2.54. The van der Waals surface area contributed by atoms with E-state index in [0.717, 1.165) is 39.9 Å². The van der Waals surface area contributed by atoms with E-state index in [1.54, 1.807) is 7.11 Å². The predicted octanol–water partition coefficient (Wildman–Crippen LogP) is 5.26. The summed E-state index contributed by atoms with van der Waals surface area (Å²) < 4.78 is 26.9. The van der Waals surface area contributed by atoms with Crippen LogP contribution >= 0.6 is 0 Å². The van der Waals surface area contributed by atoms with E-state index in [9.17, 15) is 18.8 Å². The van der Waals surface area contributed by atoms with Crippen LogP contribution in [0.3, 0.4) is 0 Å². The number of rotatable bonds is 9. The van der Waals surface area contributed by atoms with Crippen molar-refractivity contribution in [3.05, 3.63) is 108 Å². The van der Waals surface area contributed by atoms with E-state index in [4.69, 9.17) is 9.47 Å². The maximum absolute atomic E-state index is 13.4. The highest BCUT2D eigenvalue weighted by Crippen LogP contribution is 2.30. The molecule has 1 N–H and O–H groups in total. The zero-order valence-corrected chi connectivity index (χ0v) is 21.7. The van der Waals surface area contributed by atoms with Gasteiger partial charge in [-0.25, -0.2) is 14.1 Å². The quantitative estimate of drug-likeness (QED) is 0.178. The van der Waals surface area contributed by atoms with E-state index >= 15 is 0 Å². The van der Waals surface area contributed by atoms with E-state index in [-0.39, 0.29) is 11.3 Å². The van der Waals surface area contributed by atoms with Gasteiger partial charge in [0.2, 0.25) is 0 Å². The zero-order chi connectivity index (χ0) is 28.2. The lowest BCUT2D eigenvalue weighted by atomic mass is 10.1. The Hall–Kier alpha value is -5.18. The van der Waals surface area contributed by atoms with Crippen LogP contribution in [-0.4, -0.2) is 36.1 Å². The Morgan fingerprint density at radius 1 is 1.00 bits per heavy atom. The molecule has 0 bridgehead atoms. The van der Waals surface area contributed by atoms with Gasteiger partial charge in [-0.05, 0) is 60.5 Å². The lowest BCUT2D eigenvalue weighted by Gasteiger charge is -2.26. The summed E-state index contributed by atoms with van der Waals surface area (Å²) in [4.78, 5) is 39.2. The SMILES string of the molecule is C=CCc1ccc(OCCn2cc(/C=C3\C(=O)NC(=O)N(c4ccc(F)cc4)C3=O)c3ccccc32)c(OC)c1. The van der Waals surface area contributed by atoms with E-state index in [0.29, 0.717) is 30.2 Å². The number of barbiturate groups is 1. The van der Waals surface area contributed by atoms with Crippen molar-refractivity contribution in [3.8, 4) is 11.5 Å². The van der Waals surface area contributed by atoms with Crippen LogP contribution in [-0.2, 0) is 22.6 Å². The number of fused-ring (bicyclic) bond motifs is 1. The Morgan fingerprint density at radius 2 is 1.77 bits per heavy atom. The average molecular weight is 540 g/mol. The summed E-state index contributed by atoms with van der Waals surface area (Å²) in [7, 11) is 1.59. The highest BCUT2D eigenvalue weighted by molar-refractivity contribution is 6.39. The normalized spacial score (nSPS) is 14.5. The molecule has 0 spiro atoms. The Kier molecular flexibility index (Phi) is 7.46. The van der Waals surface area contributed by atoms with Gasteiger partial charge in [0, 0.05) is 22.7 Å². The highest BCUT2D eigenvalue weighted by atomic mass is 19.1. The van der Waals surface area contributed by atoms with Crippen LogP contribution in [0.15, 0.2) is 91.2 Å². The molecular weight excluding hydrogens is 513 g/mol. The number of benzene rings is 3. The van der Waals surface area contributed by atoms with Gasteiger partial charge >= 0.3 is 6.03 Å². The van der Waals surface area contributed by atoms with Crippen molar-refractivity contribution in [1.29, 1.82) is 0 Å². The molecule has 5 rings (SSSR count). The molecule has 1 aliphatic rings. The van der Waals surface area contributed by atoms with E-state index < -0.39 is 23.7 Å². The van der Waals surface area contributed by atoms with Crippen molar-refractivity contribution >= 4 is 40.5 Å². The summed E-state index contributed by atoms with van der Waals surface area (Å²) in [6, 6.07) is 17.3. The van der Waals surface area contributed by atoms with E-state index in [1.807, 2.05) is 59.3 Å². The minimum Gasteiger partial charge on any atom is -0.493 e. The summed E-state index contributed by atoms with van der Waals surface area (Å²) in [5.41, 5.74) is 2.49. The van der Waals surface area contributed by atoms with Crippen LogP contribution in [0, 0.1) is 5.82 Å². The molecule has 4 amide bonds. The molecule has 0 atom stereocenters. The number of nitrogens with zero attached hydrogens (tertiary/aromatic N) is 2. The molecule has 0 aliphatic carbocycles. The number of para-hydroxylation sites is 1. The van der Waals surface area contributed by atoms with Gasteiger partial charge in [-0.1, -0.05) is 30.3 Å². The second kappa shape index (κ2) is 11.3. The number of carbonyl (C=O) groups excluding carboxylic acids is 3. The van der Waals surface area contributed by atoms with Gasteiger partial charge in [-0.2, -0.15) is 0 Å². The summed E-state index contributed by atoms with van der Waals surface area (Å²) >= 11 is 0. The van der Waals surface area contributed by atoms with Crippen molar-refractivity contribution in [2.24, 2.45) is 0 Å². The molecule has 3 aromatic carbocycles. The maximum Gasteiger partial charge on any atom is 0.335 e. The first-order valence-corrected chi connectivity index (χ1v) is 12.5. The summed E-state index contributed by atoms with van der Waals surface area (Å²) in [5.74, 6) is -0.873. The minimum atomic E-state index is -0.897. The lowest BCUT2D eigenvalue weighted by molar-refractivity contribution is -0.122. The third-order valence-corrected chi connectivity index (χ3v) is 6.50. The number of urea groups is 1. The van der Waals surface area contributed by atoms with E-state index in [1.165, 1.54) is 18.2 Å². The van der Waals surface area contributed by atoms with Crippen LogP contribution in [0.2, 0.25) is 0 Å². The highest BCUT2D eigenvalue weighted by Gasteiger charge is 2.37. The minimum absolute atomic E-state index is 0.148.